The number of pyridine rings is 1. The molecule has 0 saturated carbocycles. The molecule has 146 valence electrons. The molecular weight excluding hydrogens is 352 g/mol. The molecule has 0 aliphatic heterocycles. The molecule has 2 aromatic heterocycles. The van der Waals surface area contributed by atoms with Gasteiger partial charge in [0.15, 0.2) is 5.82 Å². The van der Waals surface area contributed by atoms with Crippen molar-refractivity contribution in [3.8, 4) is 11.3 Å². The molecule has 1 atom stereocenters. The fraction of sp³-hybridized carbons (Fsp3) is 0.364. The van der Waals surface area contributed by atoms with Gasteiger partial charge in [0, 0.05) is 30.6 Å². The van der Waals surface area contributed by atoms with Crippen LogP contribution in [0.25, 0.3) is 11.3 Å². The van der Waals surface area contributed by atoms with Crippen molar-refractivity contribution in [2.45, 2.75) is 52.5 Å². The number of carboxylic acid groups (broad SMARTS) is 1. The van der Waals surface area contributed by atoms with Gasteiger partial charge < -0.3 is 5.11 Å². The summed E-state index contributed by atoms with van der Waals surface area (Å²) in [6.07, 6.45) is 4.32. The lowest BCUT2D eigenvalue weighted by atomic mass is 10.0. The number of rotatable bonds is 8. The summed E-state index contributed by atoms with van der Waals surface area (Å²) >= 11 is 0. The summed E-state index contributed by atoms with van der Waals surface area (Å²) in [5, 5.41) is 14.1. The minimum atomic E-state index is -0.975. The Morgan fingerprint density at radius 2 is 1.93 bits per heavy atom. The van der Waals surface area contributed by atoms with Crippen molar-refractivity contribution in [1.29, 1.82) is 0 Å². The average Bonchev–Trinajstić information content (AvgIpc) is 3.10. The van der Waals surface area contributed by atoms with Crippen LogP contribution in [0.4, 0.5) is 0 Å². The molecule has 0 aliphatic rings. The van der Waals surface area contributed by atoms with Crippen LogP contribution in [0, 0.1) is 0 Å². The van der Waals surface area contributed by atoms with E-state index in [1.807, 2.05) is 28.9 Å². The highest BCUT2D eigenvalue weighted by Crippen LogP contribution is 2.23. The summed E-state index contributed by atoms with van der Waals surface area (Å²) < 4.78 is 2.01. The molecule has 28 heavy (non-hydrogen) atoms. The molecule has 0 aliphatic carbocycles. The van der Waals surface area contributed by atoms with E-state index >= 15 is 0 Å². The number of benzene rings is 1. The average molecular weight is 378 g/mol. The number of aromatic nitrogens is 4. The number of aromatic carboxylic acids is 1. The quantitative estimate of drug-likeness (QED) is 0.622. The lowest BCUT2D eigenvalue weighted by molar-refractivity contribution is 0.0697. The van der Waals surface area contributed by atoms with E-state index in [0.717, 1.165) is 42.2 Å². The van der Waals surface area contributed by atoms with E-state index < -0.39 is 5.97 Å². The van der Waals surface area contributed by atoms with Crippen molar-refractivity contribution in [2.24, 2.45) is 0 Å². The lowest BCUT2D eigenvalue weighted by Crippen LogP contribution is -2.06. The van der Waals surface area contributed by atoms with Gasteiger partial charge in [0.1, 0.15) is 5.82 Å². The van der Waals surface area contributed by atoms with Gasteiger partial charge >= 0.3 is 5.97 Å². The van der Waals surface area contributed by atoms with Crippen molar-refractivity contribution in [3.05, 3.63) is 65.4 Å². The van der Waals surface area contributed by atoms with E-state index in [0.29, 0.717) is 18.0 Å². The molecule has 1 aromatic carbocycles. The third kappa shape index (κ3) is 4.27. The molecule has 0 amide bonds. The van der Waals surface area contributed by atoms with Crippen LogP contribution in [0.5, 0.6) is 0 Å². The molecule has 0 bridgehead atoms. The Bertz CT molecular complexity index is 947. The van der Waals surface area contributed by atoms with Crippen LogP contribution in [0.1, 0.15) is 67.1 Å². The molecule has 6 heteroatoms. The van der Waals surface area contributed by atoms with Gasteiger partial charge in [-0.25, -0.2) is 14.5 Å². The molecule has 1 unspecified atom stereocenters. The number of carbonyl (C=O) groups is 1. The van der Waals surface area contributed by atoms with Gasteiger partial charge in [0.2, 0.25) is 0 Å². The number of carboxylic acids is 1. The summed E-state index contributed by atoms with van der Waals surface area (Å²) in [6, 6.07) is 11.0. The summed E-state index contributed by atoms with van der Waals surface area (Å²) in [4.78, 5) is 20.4. The molecule has 0 spiro atoms. The van der Waals surface area contributed by atoms with Crippen LogP contribution in [0.3, 0.4) is 0 Å². The molecule has 0 saturated heterocycles. The summed E-state index contributed by atoms with van der Waals surface area (Å²) in [5.41, 5.74) is 2.58. The smallest absolute Gasteiger partial charge is 0.337 e. The Hall–Kier alpha value is -3.02. The zero-order chi connectivity index (χ0) is 20.1. The van der Waals surface area contributed by atoms with E-state index in [2.05, 4.69) is 25.8 Å². The fourth-order valence-corrected chi connectivity index (χ4v) is 3.08. The van der Waals surface area contributed by atoms with Crippen molar-refractivity contribution < 1.29 is 9.90 Å². The van der Waals surface area contributed by atoms with Crippen molar-refractivity contribution in [1.82, 2.24) is 19.7 Å². The summed E-state index contributed by atoms with van der Waals surface area (Å²) in [7, 11) is 0. The third-order valence-corrected chi connectivity index (χ3v) is 4.88. The zero-order valence-electron chi connectivity index (χ0n) is 16.6. The van der Waals surface area contributed by atoms with Gasteiger partial charge in [-0.05, 0) is 30.5 Å². The van der Waals surface area contributed by atoms with Gasteiger partial charge in [-0.1, -0.05) is 45.0 Å². The molecule has 3 rings (SSSR count). The first-order chi connectivity index (χ1) is 13.5. The van der Waals surface area contributed by atoms with Crippen molar-refractivity contribution in [2.75, 3.05) is 0 Å². The predicted octanol–water partition coefficient (Wildman–Crippen LogP) is 4.55. The third-order valence-electron chi connectivity index (χ3n) is 4.88. The van der Waals surface area contributed by atoms with Gasteiger partial charge in [-0.15, -0.1) is 0 Å². The van der Waals surface area contributed by atoms with Crippen LogP contribution in [-0.4, -0.2) is 30.8 Å². The van der Waals surface area contributed by atoms with E-state index in [1.54, 1.807) is 18.3 Å². The minimum Gasteiger partial charge on any atom is -0.478 e. The first-order valence-electron chi connectivity index (χ1n) is 9.74. The second kappa shape index (κ2) is 8.78. The first kappa shape index (κ1) is 19.7. The normalized spacial score (nSPS) is 12.1. The fourth-order valence-electron chi connectivity index (χ4n) is 3.08. The number of aryl methyl sites for hydroxylation is 1. The van der Waals surface area contributed by atoms with Crippen LogP contribution < -0.4 is 0 Å². The maximum atomic E-state index is 11.4. The molecule has 1 N–H and O–H groups in total. The Kier molecular flexibility index (Phi) is 6.19. The minimum absolute atomic E-state index is 0.205. The van der Waals surface area contributed by atoms with E-state index in [-0.39, 0.29) is 5.56 Å². The largest absolute Gasteiger partial charge is 0.478 e. The highest BCUT2D eigenvalue weighted by atomic mass is 16.4. The van der Waals surface area contributed by atoms with E-state index in [9.17, 15) is 9.90 Å². The SMILES string of the molecule is CCCn1nc(C(C)CC)nc1Cc1ccc(-c2ncccc2C(=O)O)cc1. The number of hydrogen-bond acceptors (Lipinski definition) is 4. The molecule has 0 radical (unpaired) electrons. The highest BCUT2D eigenvalue weighted by molar-refractivity contribution is 5.94. The second-order valence-corrected chi connectivity index (χ2v) is 7.00. The van der Waals surface area contributed by atoms with Gasteiger partial charge in [-0.3, -0.25) is 4.98 Å². The maximum absolute atomic E-state index is 11.4. The monoisotopic (exact) mass is 378 g/mol. The molecule has 3 aromatic rings. The molecule has 0 fully saturated rings. The van der Waals surface area contributed by atoms with Crippen LogP contribution >= 0.6 is 0 Å². The van der Waals surface area contributed by atoms with Crippen LogP contribution in [-0.2, 0) is 13.0 Å². The van der Waals surface area contributed by atoms with Crippen LogP contribution in [0.15, 0.2) is 42.6 Å². The Morgan fingerprint density at radius 1 is 1.18 bits per heavy atom. The predicted molar refractivity (Wildman–Crippen MR) is 108 cm³/mol. The lowest BCUT2D eigenvalue weighted by Gasteiger charge is -2.07. The number of nitrogens with zero attached hydrogens (tertiary/aromatic N) is 4. The van der Waals surface area contributed by atoms with Gasteiger partial charge in [0.25, 0.3) is 0 Å². The van der Waals surface area contributed by atoms with Crippen molar-refractivity contribution >= 4 is 5.97 Å². The van der Waals surface area contributed by atoms with E-state index in [4.69, 9.17) is 10.1 Å². The number of hydrogen-bond donors (Lipinski definition) is 1. The van der Waals surface area contributed by atoms with Gasteiger partial charge in [-0.2, -0.15) is 5.10 Å². The molecule has 2 heterocycles. The first-order valence-corrected chi connectivity index (χ1v) is 9.74. The Morgan fingerprint density at radius 3 is 2.57 bits per heavy atom. The van der Waals surface area contributed by atoms with Gasteiger partial charge in [0.05, 0.1) is 11.3 Å². The Balaban J connectivity index is 1.85. The zero-order valence-corrected chi connectivity index (χ0v) is 16.6. The molecule has 6 nitrogen and oxygen atoms in total. The standard InChI is InChI=1S/C22H26N4O2/c1-4-13-26-19(24-21(25-26)15(3)5-2)14-16-8-10-17(11-9-16)20-18(22(27)28)7-6-12-23-20/h6-12,15H,4-5,13-14H2,1-3H3,(H,27,28). The summed E-state index contributed by atoms with van der Waals surface area (Å²) in [5.74, 6) is 1.24. The Labute approximate surface area is 165 Å². The van der Waals surface area contributed by atoms with E-state index in [1.165, 1.54) is 0 Å². The topological polar surface area (TPSA) is 80.9 Å². The van der Waals surface area contributed by atoms with Crippen molar-refractivity contribution in [3.63, 3.8) is 0 Å². The summed E-state index contributed by atoms with van der Waals surface area (Å²) in [6.45, 7) is 7.28. The van der Waals surface area contributed by atoms with Crippen LogP contribution in [0.2, 0.25) is 0 Å². The second-order valence-electron chi connectivity index (χ2n) is 7.00. The molecular formula is C22H26N4O2. The maximum Gasteiger partial charge on any atom is 0.337 e. The highest BCUT2D eigenvalue weighted by Gasteiger charge is 2.15.